The van der Waals surface area contributed by atoms with Crippen LogP contribution in [0.15, 0.2) is 0 Å². The predicted octanol–water partition coefficient (Wildman–Crippen LogP) is -2.72. The topological polar surface area (TPSA) is 250 Å². The van der Waals surface area contributed by atoms with Crippen molar-refractivity contribution in [3.8, 4) is 0 Å². The van der Waals surface area contributed by atoms with Gasteiger partial charge in [-0.25, -0.2) is 0 Å². The zero-order valence-electron chi connectivity index (χ0n) is 11.3. The van der Waals surface area contributed by atoms with E-state index in [-0.39, 0.29) is 0 Å². The lowest BCUT2D eigenvalue weighted by Gasteiger charge is -2.30. The molecule has 138 valence electrons. The van der Waals surface area contributed by atoms with E-state index >= 15 is 0 Å². The smallest absolute Gasteiger partial charge is 0.294 e. The van der Waals surface area contributed by atoms with Crippen molar-refractivity contribution >= 4 is 0 Å². The first-order chi connectivity index (χ1) is 11.1. The first-order valence-electron chi connectivity index (χ1n) is 5.58. The molecule has 0 aromatic rings. The van der Waals surface area contributed by atoms with E-state index in [4.69, 9.17) is 5.11 Å². The molecule has 0 aromatic heterocycles. The second-order valence-electron chi connectivity index (χ2n) is 3.72. The summed E-state index contributed by atoms with van der Waals surface area (Å²) < 4.78 is 0. The maximum atomic E-state index is 10.5. The summed E-state index contributed by atoms with van der Waals surface area (Å²) in [5, 5.41) is 53.5. The molecule has 0 aliphatic carbocycles. The van der Waals surface area contributed by atoms with Crippen LogP contribution in [0.5, 0.6) is 0 Å². The van der Waals surface area contributed by atoms with E-state index in [0.29, 0.717) is 0 Å². The zero-order chi connectivity index (χ0) is 18.9. The van der Waals surface area contributed by atoms with Crippen molar-refractivity contribution in [1.29, 1.82) is 0 Å². The van der Waals surface area contributed by atoms with Crippen molar-refractivity contribution in [2.75, 3.05) is 13.2 Å². The molecule has 0 radical (unpaired) electrons. The Labute approximate surface area is 129 Å². The van der Waals surface area contributed by atoms with Gasteiger partial charge in [-0.15, -0.1) is 40.5 Å². The summed E-state index contributed by atoms with van der Waals surface area (Å²) >= 11 is 0. The van der Waals surface area contributed by atoms with E-state index in [1.807, 2.05) is 0 Å². The highest BCUT2D eigenvalue weighted by atomic mass is 17.0. The quantitative estimate of drug-likeness (QED) is 0.249. The first kappa shape index (κ1) is 20.7. The Balaban J connectivity index is 5.63. The van der Waals surface area contributed by atoms with Gasteiger partial charge >= 0.3 is 0 Å². The molecule has 24 heavy (non-hydrogen) atoms. The molecule has 0 unspecified atom stereocenters. The normalized spacial score (nSPS) is 15.2. The van der Waals surface area contributed by atoms with Gasteiger partial charge in [0, 0.05) is 0 Å². The highest BCUT2D eigenvalue weighted by Crippen LogP contribution is 2.17. The Morgan fingerprint density at radius 1 is 0.792 bits per heavy atom. The fourth-order valence-electron chi connectivity index (χ4n) is 1.42. The third-order valence-electron chi connectivity index (χ3n) is 2.24. The summed E-state index contributed by atoms with van der Waals surface area (Å²) in [6, 6.07) is 0. The summed E-state index contributed by atoms with van der Waals surface area (Å²) in [5.74, 6) is 0. The molecule has 0 amide bonds. The van der Waals surface area contributed by atoms with Crippen LogP contribution < -0.4 is 0 Å². The highest BCUT2D eigenvalue weighted by Gasteiger charge is 2.42. The molecule has 4 atom stereocenters. The molecule has 0 aliphatic heterocycles. The Morgan fingerprint density at radius 3 is 1.62 bits per heavy atom. The lowest BCUT2D eigenvalue weighted by atomic mass is 10.0. The van der Waals surface area contributed by atoms with E-state index in [0.717, 1.165) is 0 Å². The van der Waals surface area contributed by atoms with Gasteiger partial charge in [0.15, 0.2) is 18.3 Å². The summed E-state index contributed by atoms with van der Waals surface area (Å²) in [4.78, 5) is 56.8. The number of hydrogen-bond acceptors (Lipinski definition) is 14. The van der Waals surface area contributed by atoms with Gasteiger partial charge in [-0.1, -0.05) is 0 Å². The second kappa shape index (κ2) is 9.68. The summed E-state index contributed by atoms with van der Waals surface area (Å²) in [7, 11) is 0. The van der Waals surface area contributed by atoms with Gasteiger partial charge in [-0.05, 0) is 0 Å². The summed E-state index contributed by atoms with van der Waals surface area (Å²) in [6.45, 7) is -2.58. The molecule has 0 bridgehead atoms. The van der Waals surface area contributed by atoms with Crippen molar-refractivity contribution in [2.45, 2.75) is 24.4 Å². The SMILES string of the molecule is O=[N+]([O-])OC[C@@H](O[N+](=O)[O-])[C@@H](O[N+](=O)[O-])[C@H](O[N+](=O)[O-])[C@H](O)CO. The van der Waals surface area contributed by atoms with Crippen molar-refractivity contribution in [2.24, 2.45) is 0 Å². The van der Waals surface area contributed by atoms with Gasteiger partial charge in [0.05, 0.1) is 6.61 Å². The van der Waals surface area contributed by atoms with Crippen LogP contribution >= 0.6 is 0 Å². The van der Waals surface area contributed by atoms with Gasteiger partial charge in [-0.2, -0.15) is 0 Å². The number of nitrogens with zero attached hydrogens (tertiary/aromatic N) is 4. The fourth-order valence-corrected chi connectivity index (χ4v) is 1.42. The Morgan fingerprint density at radius 2 is 1.25 bits per heavy atom. The molecular weight excluding hydrogens is 352 g/mol. The zero-order valence-corrected chi connectivity index (χ0v) is 11.3. The van der Waals surface area contributed by atoms with Gasteiger partial charge in [-0.3, -0.25) is 0 Å². The minimum Gasteiger partial charge on any atom is -0.394 e. The van der Waals surface area contributed by atoms with Crippen molar-refractivity contribution in [1.82, 2.24) is 0 Å². The molecule has 2 N–H and O–H groups in total. The van der Waals surface area contributed by atoms with E-state index < -0.39 is 58.0 Å². The van der Waals surface area contributed by atoms with Crippen molar-refractivity contribution in [3.63, 3.8) is 0 Å². The molecule has 0 saturated heterocycles. The van der Waals surface area contributed by atoms with Crippen LogP contribution in [0.2, 0.25) is 0 Å². The Hall–Kier alpha value is -3.28. The monoisotopic (exact) mass is 362 g/mol. The standard InChI is InChI=1S/C6H10N4O14/c11-1-3(12)5(23-9(17)18)6(24-10(19)20)4(22-8(15)16)2-21-7(13)14/h3-6,11-12H,1-2H2/t3-,4-,5-,6-/m1/s1. The Kier molecular flexibility index (Phi) is 8.36. The fraction of sp³-hybridized carbons (Fsp3) is 1.00. The average molecular weight is 362 g/mol. The van der Waals surface area contributed by atoms with Crippen LogP contribution in [0.4, 0.5) is 0 Å². The lowest BCUT2D eigenvalue weighted by Crippen LogP contribution is -2.53. The third-order valence-corrected chi connectivity index (χ3v) is 2.24. The van der Waals surface area contributed by atoms with Gasteiger partial charge < -0.3 is 29.6 Å². The molecule has 0 fully saturated rings. The molecule has 0 aliphatic rings. The van der Waals surface area contributed by atoms with Gasteiger partial charge in [0.25, 0.3) is 20.3 Å². The maximum absolute atomic E-state index is 10.5. The first-order valence-corrected chi connectivity index (χ1v) is 5.58. The minimum absolute atomic E-state index is 1.24. The largest absolute Gasteiger partial charge is 0.394 e. The van der Waals surface area contributed by atoms with Gasteiger partial charge in [0.1, 0.15) is 12.7 Å². The Bertz CT molecular complexity index is 470. The minimum atomic E-state index is -2.45. The molecule has 0 saturated carbocycles. The van der Waals surface area contributed by atoms with Crippen LogP contribution in [0.1, 0.15) is 0 Å². The van der Waals surface area contributed by atoms with Crippen LogP contribution in [-0.4, -0.2) is 68.2 Å². The summed E-state index contributed by atoms with van der Waals surface area (Å²) in [6.07, 6.45) is -9.33. The van der Waals surface area contributed by atoms with Crippen LogP contribution in [0.25, 0.3) is 0 Å². The number of hydrogen-bond donors (Lipinski definition) is 2. The number of rotatable bonds is 13. The van der Waals surface area contributed by atoms with E-state index in [9.17, 15) is 45.6 Å². The molecule has 0 spiro atoms. The van der Waals surface area contributed by atoms with E-state index in [2.05, 4.69) is 19.4 Å². The summed E-state index contributed by atoms with van der Waals surface area (Å²) in [5.41, 5.74) is 0. The van der Waals surface area contributed by atoms with Gasteiger partial charge in [0.2, 0.25) is 0 Å². The number of aliphatic hydroxyl groups is 2. The van der Waals surface area contributed by atoms with Crippen molar-refractivity contribution in [3.05, 3.63) is 40.5 Å². The maximum Gasteiger partial charge on any atom is 0.294 e. The lowest BCUT2D eigenvalue weighted by molar-refractivity contribution is -0.824. The third kappa shape index (κ3) is 7.65. The molecule has 0 heterocycles. The average Bonchev–Trinajstić information content (AvgIpc) is 2.45. The van der Waals surface area contributed by atoms with Crippen LogP contribution in [-0.2, 0) is 19.4 Å². The van der Waals surface area contributed by atoms with E-state index in [1.54, 1.807) is 0 Å². The molecule has 0 aromatic carbocycles. The van der Waals surface area contributed by atoms with Crippen LogP contribution in [0, 0.1) is 40.5 Å². The van der Waals surface area contributed by atoms with Crippen LogP contribution in [0.3, 0.4) is 0 Å². The van der Waals surface area contributed by atoms with E-state index in [1.165, 1.54) is 0 Å². The molecule has 18 nitrogen and oxygen atoms in total. The predicted molar refractivity (Wildman–Crippen MR) is 61.6 cm³/mol. The molecular formula is C6H10N4O14. The second-order valence-corrected chi connectivity index (χ2v) is 3.72. The van der Waals surface area contributed by atoms with Crippen molar-refractivity contribution < 1.29 is 49.9 Å². The molecule has 0 rings (SSSR count). The number of aliphatic hydroxyl groups excluding tert-OH is 2. The molecule has 18 heteroatoms. The highest BCUT2D eigenvalue weighted by molar-refractivity contribution is 4.82.